The van der Waals surface area contributed by atoms with E-state index >= 15 is 0 Å². The highest BCUT2D eigenvalue weighted by molar-refractivity contribution is 5.85. The largest absolute Gasteiger partial charge is 0.457 e. The predicted octanol–water partition coefficient (Wildman–Crippen LogP) is 4.64. The molecule has 0 bridgehead atoms. The zero-order chi connectivity index (χ0) is 16.9. The summed E-state index contributed by atoms with van der Waals surface area (Å²) in [6, 6.07) is 13.7. The smallest absolute Gasteiger partial charge is 0.412 e. The van der Waals surface area contributed by atoms with Gasteiger partial charge in [0.25, 0.3) is 0 Å². The monoisotopic (exact) mass is 313 g/mol. The Bertz CT molecular complexity index is 704. The Morgan fingerprint density at radius 2 is 1.70 bits per heavy atom. The molecule has 2 aromatic rings. The van der Waals surface area contributed by atoms with E-state index in [9.17, 15) is 9.59 Å². The molecule has 23 heavy (non-hydrogen) atoms. The molecule has 0 saturated heterocycles. The molecule has 0 saturated carbocycles. The van der Waals surface area contributed by atoms with Crippen molar-refractivity contribution < 1.29 is 19.1 Å². The molecule has 0 spiro atoms. The van der Waals surface area contributed by atoms with Crippen molar-refractivity contribution >= 4 is 18.1 Å². The van der Waals surface area contributed by atoms with E-state index < -0.39 is 11.7 Å². The van der Waals surface area contributed by atoms with Crippen LogP contribution in [0.2, 0.25) is 0 Å². The summed E-state index contributed by atoms with van der Waals surface area (Å²) in [6.45, 7) is 5.39. The van der Waals surface area contributed by atoms with Crippen LogP contribution in [0.1, 0.15) is 31.1 Å². The first-order valence-corrected chi connectivity index (χ1v) is 7.19. The zero-order valence-corrected chi connectivity index (χ0v) is 13.3. The molecule has 0 heterocycles. The molecule has 0 aromatic heterocycles. The summed E-state index contributed by atoms with van der Waals surface area (Å²) in [5.74, 6) is 1.09. The first kappa shape index (κ1) is 16.5. The van der Waals surface area contributed by atoms with Gasteiger partial charge in [-0.3, -0.25) is 10.1 Å². The van der Waals surface area contributed by atoms with Crippen molar-refractivity contribution in [1.29, 1.82) is 0 Å². The number of amides is 1. The highest BCUT2D eigenvalue weighted by Crippen LogP contribution is 2.25. The molecule has 0 aliphatic heterocycles. The topological polar surface area (TPSA) is 64.6 Å². The Morgan fingerprint density at radius 1 is 1.04 bits per heavy atom. The maximum Gasteiger partial charge on any atom is 0.412 e. The third-order valence-corrected chi connectivity index (χ3v) is 2.71. The molecular formula is C18H19NO4. The van der Waals surface area contributed by atoms with Crippen molar-refractivity contribution in [2.24, 2.45) is 0 Å². The summed E-state index contributed by atoms with van der Waals surface area (Å²) >= 11 is 0. The van der Waals surface area contributed by atoms with Crippen LogP contribution in [0, 0.1) is 0 Å². The first-order chi connectivity index (χ1) is 10.9. The van der Waals surface area contributed by atoms with E-state index in [-0.39, 0.29) is 0 Å². The highest BCUT2D eigenvalue weighted by Gasteiger charge is 2.16. The molecule has 0 aliphatic carbocycles. The van der Waals surface area contributed by atoms with E-state index in [1.54, 1.807) is 69.3 Å². The molecule has 2 aromatic carbocycles. The lowest BCUT2D eigenvalue weighted by atomic mass is 10.2. The molecule has 1 N–H and O–H groups in total. The van der Waals surface area contributed by atoms with E-state index in [1.807, 2.05) is 0 Å². The van der Waals surface area contributed by atoms with Crippen LogP contribution < -0.4 is 10.1 Å². The van der Waals surface area contributed by atoms with Crippen molar-refractivity contribution in [1.82, 2.24) is 0 Å². The number of nitrogens with one attached hydrogen (secondary N) is 1. The molecule has 0 radical (unpaired) electrons. The normalized spacial score (nSPS) is 10.7. The van der Waals surface area contributed by atoms with Gasteiger partial charge in [-0.05, 0) is 45.0 Å². The van der Waals surface area contributed by atoms with Gasteiger partial charge in [0.15, 0.2) is 0 Å². The van der Waals surface area contributed by atoms with Gasteiger partial charge in [-0.25, -0.2) is 4.79 Å². The van der Waals surface area contributed by atoms with Gasteiger partial charge in [-0.15, -0.1) is 0 Å². The average molecular weight is 313 g/mol. The average Bonchev–Trinajstić information content (AvgIpc) is 2.45. The van der Waals surface area contributed by atoms with Crippen LogP contribution in [0.4, 0.5) is 10.5 Å². The van der Waals surface area contributed by atoms with E-state index in [4.69, 9.17) is 9.47 Å². The minimum atomic E-state index is -0.562. The van der Waals surface area contributed by atoms with Gasteiger partial charge in [-0.2, -0.15) is 0 Å². The molecule has 5 nitrogen and oxygen atoms in total. The van der Waals surface area contributed by atoms with Crippen LogP contribution in [0.15, 0.2) is 48.5 Å². The number of rotatable bonds is 4. The summed E-state index contributed by atoms with van der Waals surface area (Å²) < 4.78 is 10.9. The van der Waals surface area contributed by atoms with Gasteiger partial charge < -0.3 is 9.47 Å². The van der Waals surface area contributed by atoms with Crippen LogP contribution in [-0.2, 0) is 4.74 Å². The number of hydrogen-bond acceptors (Lipinski definition) is 4. The van der Waals surface area contributed by atoms with Crippen LogP contribution in [0.3, 0.4) is 0 Å². The van der Waals surface area contributed by atoms with Gasteiger partial charge >= 0.3 is 6.09 Å². The number of anilines is 1. The summed E-state index contributed by atoms with van der Waals surface area (Å²) in [4.78, 5) is 22.6. The van der Waals surface area contributed by atoms with E-state index in [0.717, 1.165) is 6.29 Å². The fourth-order valence-electron chi connectivity index (χ4n) is 1.85. The van der Waals surface area contributed by atoms with Crippen LogP contribution in [0.25, 0.3) is 0 Å². The molecule has 5 heteroatoms. The molecule has 0 unspecified atom stereocenters. The van der Waals surface area contributed by atoms with Crippen molar-refractivity contribution in [3.8, 4) is 11.5 Å². The molecule has 2 rings (SSSR count). The van der Waals surface area contributed by atoms with Gasteiger partial charge in [0.2, 0.25) is 0 Å². The van der Waals surface area contributed by atoms with Crippen molar-refractivity contribution in [3.63, 3.8) is 0 Å². The third-order valence-electron chi connectivity index (χ3n) is 2.71. The molecule has 0 atom stereocenters. The van der Waals surface area contributed by atoms with Gasteiger partial charge in [0.1, 0.15) is 23.4 Å². The molecular weight excluding hydrogens is 294 g/mol. The zero-order valence-electron chi connectivity index (χ0n) is 13.3. The third kappa shape index (κ3) is 5.47. The summed E-state index contributed by atoms with van der Waals surface area (Å²) in [5.41, 5.74) is 0.529. The van der Waals surface area contributed by atoms with Gasteiger partial charge in [0, 0.05) is 17.3 Å². The fourth-order valence-corrected chi connectivity index (χ4v) is 1.85. The summed E-state index contributed by atoms with van der Waals surface area (Å²) in [6.07, 6.45) is 0.227. The van der Waals surface area contributed by atoms with E-state index in [2.05, 4.69) is 5.32 Å². The Kier molecular flexibility index (Phi) is 5.01. The SMILES string of the molecule is CC(C)(C)OC(=O)Nc1cccc(Oc2cccc(C=O)c2)c1. The minimum Gasteiger partial charge on any atom is -0.457 e. The molecule has 0 fully saturated rings. The first-order valence-electron chi connectivity index (χ1n) is 7.19. The minimum absolute atomic E-state index is 0.530. The quantitative estimate of drug-likeness (QED) is 0.835. The second-order valence-electron chi connectivity index (χ2n) is 5.95. The van der Waals surface area contributed by atoms with Crippen LogP contribution in [-0.4, -0.2) is 18.0 Å². The van der Waals surface area contributed by atoms with Gasteiger partial charge in [0.05, 0.1) is 0 Å². The second kappa shape index (κ2) is 6.96. The lowest BCUT2D eigenvalue weighted by Gasteiger charge is -2.19. The molecule has 120 valence electrons. The van der Waals surface area contributed by atoms with Crippen LogP contribution in [0.5, 0.6) is 11.5 Å². The number of hydrogen-bond donors (Lipinski definition) is 1. The lowest BCUT2D eigenvalue weighted by Crippen LogP contribution is -2.27. The maximum atomic E-state index is 11.8. The molecule has 0 aliphatic rings. The van der Waals surface area contributed by atoms with E-state index in [1.165, 1.54) is 0 Å². The Labute approximate surface area is 135 Å². The second-order valence-corrected chi connectivity index (χ2v) is 5.95. The Balaban J connectivity index is 2.07. The Morgan fingerprint density at radius 3 is 2.35 bits per heavy atom. The summed E-state index contributed by atoms with van der Waals surface area (Å²) in [5, 5.41) is 2.65. The van der Waals surface area contributed by atoms with Crippen molar-refractivity contribution in [3.05, 3.63) is 54.1 Å². The predicted molar refractivity (Wildman–Crippen MR) is 88.2 cm³/mol. The fraction of sp³-hybridized carbons (Fsp3) is 0.222. The number of carbonyl (C=O) groups excluding carboxylic acids is 2. The number of carbonyl (C=O) groups is 2. The summed E-state index contributed by atoms with van der Waals surface area (Å²) in [7, 11) is 0. The number of ether oxygens (including phenoxy) is 2. The highest BCUT2D eigenvalue weighted by atomic mass is 16.6. The lowest BCUT2D eigenvalue weighted by molar-refractivity contribution is 0.0636. The Hall–Kier alpha value is -2.82. The van der Waals surface area contributed by atoms with Gasteiger partial charge in [-0.1, -0.05) is 18.2 Å². The standard InChI is InChI=1S/C18H19NO4/c1-18(2,3)23-17(21)19-14-7-5-9-16(11-14)22-15-8-4-6-13(10-15)12-20/h4-12H,1-3H3,(H,19,21). The maximum absolute atomic E-state index is 11.8. The van der Waals surface area contributed by atoms with Crippen LogP contribution >= 0.6 is 0 Å². The molecule has 1 amide bonds. The van der Waals surface area contributed by atoms with Crippen molar-refractivity contribution in [2.75, 3.05) is 5.32 Å². The van der Waals surface area contributed by atoms with Crippen molar-refractivity contribution in [2.45, 2.75) is 26.4 Å². The number of benzene rings is 2. The van der Waals surface area contributed by atoms with E-state index in [0.29, 0.717) is 22.7 Å². The number of aldehydes is 1.